The highest BCUT2D eigenvalue weighted by molar-refractivity contribution is 7.18. The highest BCUT2D eigenvalue weighted by Gasteiger charge is 2.28. The number of nitrogens with one attached hydrogen (secondary N) is 1. The number of thiazole rings is 1. The first-order valence-corrected chi connectivity index (χ1v) is 10.8. The van der Waals surface area contributed by atoms with Gasteiger partial charge < -0.3 is 9.47 Å². The van der Waals surface area contributed by atoms with Crippen LogP contribution in [0, 0.1) is 0 Å². The smallest absolute Gasteiger partial charge is 0.413 e. The SMILES string of the molecule is COc1ccc(Cn2cc3c(n2)CCC(=O)c2sc(NC(=O)OC(C)(C)C)nc2-3)cc1. The first kappa shape index (κ1) is 21.0. The number of amides is 1. The number of anilines is 1. The minimum atomic E-state index is -0.621. The average Bonchev–Trinajstić information content (AvgIpc) is 3.26. The molecule has 0 aliphatic heterocycles. The maximum atomic E-state index is 12.6. The first-order valence-electron chi connectivity index (χ1n) is 9.95. The lowest BCUT2D eigenvalue weighted by Crippen LogP contribution is -2.27. The van der Waals surface area contributed by atoms with E-state index in [9.17, 15) is 9.59 Å². The van der Waals surface area contributed by atoms with Crippen LogP contribution >= 0.6 is 11.3 Å². The highest BCUT2D eigenvalue weighted by atomic mass is 32.1. The topological polar surface area (TPSA) is 95.3 Å². The van der Waals surface area contributed by atoms with Gasteiger partial charge in [-0.3, -0.25) is 14.8 Å². The van der Waals surface area contributed by atoms with Gasteiger partial charge in [0.25, 0.3) is 0 Å². The van der Waals surface area contributed by atoms with Gasteiger partial charge in [0.2, 0.25) is 0 Å². The van der Waals surface area contributed by atoms with Crippen molar-refractivity contribution in [3.05, 3.63) is 46.6 Å². The van der Waals surface area contributed by atoms with Crippen molar-refractivity contribution in [1.29, 1.82) is 0 Å². The van der Waals surface area contributed by atoms with Crippen molar-refractivity contribution < 1.29 is 19.1 Å². The molecule has 8 nitrogen and oxygen atoms in total. The minimum Gasteiger partial charge on any atom is -0.497 e. The largest absolute Gasteiger partial charge is 0.497 e. The van der Waals surface area contributed by atoms with E-state index in [0.29, 0.717) is 35.1 Å². The Morgan fingerprint density at radius 2 is 1.97 bits per heavy atom. The molecule has 0 unspecified atom stereocenters. The van der Waals surface area contributed by atoms with E-state index in [-0.39, 0.29) is 5.78 Å². The standard InChI is InChI=1S/C22H24N4O4S/c1-22(2,3)30-21(28)24-20-23-18-15-12-26(11-13-5-7-14(29-4)8-6-13)25-16(15)9-10-17(27)19(18)31-20/h5-8,12H,9-11H2,1-4H3,(H,23,24,28). The van der Waals surface area contributed by atoms with Crippen molar-refractivity contribution >= 4 is 28.3 Å². The van der Waals surface area contributed by atoms with Crippen LogP contribution in [-0.4, -0.2) is 39.4 Å². The number of hydrogen-bond donors (Lipinski definition) is 1. The molecule has 3 aromatic rings. The van der Waals surface area contributed by atoms with Crippen LogP contribution in [-0.2, 0) is 17.7 Å². The Kier molecular flexibility index (Phi) is 5.53. The van der Waals surface area contributed by atoms with Crippen LogP contribution in [0.4, 0.5) is 9.93 Å². The lowest BCUT2D eigenvalue weighted by Gasteiger charge is -2.18. The molecule has 0 saturated carbocycles. The monoisotopic (exact) mass is 440 g/mol. The zero-order chi connectivity index (χ0) is 22.2. The summed E-state index contributed by atoms with van der Waals surface area (Å²) in [5.41, 5.74) is 2.68. The van der Waals surface area contributed by atoms with Gasteiger partial charge in [-0.1, -0.05) is 23.5 Å². The van der Waals surface area contributed by atoms with Crippen molar-refractivity contribution in [2.75, 3.05) is 12.4 Å². The summed E-state index contributed by atoms with van der Waals surface area (Å²) in [5.74, 6) is 0.806. The third-order valence-electron chi connectivity index (χ3n) is 4.67. The van der Waals surface area contributed by atoms with E-state index in [1.165, 1.54) is 11.3 Å². The number of methoxy groups -OCH3 is 1. The Hall–Kier alpha value is -3.20. The average molecular weight is 441 g/mol. The Balaban J connectivity index is 1.60. The van der Waals surface area contributed by atoms with Gasteiger partial charge in [0, 0.05) is 18.2 Å². The van der Waals surface area contributed by atoms with Crippen molar-refractivity contribution in [3.63, 3.8) is 0 Å². The first-order chi connectivity index (χ1) is 14.7. The van der Waals surface area contributed by atoms with Crippen molar-refractivity contribution in [2.24, 2.45) is 0 Å². The van der Waals surface area contributed by atoms with Crippen LogP contribution < -0.4 is 10.1 Å². The minimum absolute atomic E-state index is 0.00411. The molecule has 1 N–H and O–H groups in total. The molecule has 162 valence electrons. The number of rotatable bonds is 4. The normalized spacial score (nSPS) is 13.2. The maximum Gasteiger partial charge on any atom is 0.413 e. The molecule has 31 heavy (non-hydrogen) atoms. The number of carbonyl (C=O) groups excluding carboxylic acids is 2. The van der Waals surface area contributed by atoms with Crippen LogP contribution in [0.1, 0.15) is 48.1 Å². The molecule has 0 fully saturated rings. The predicted octanol–water partition coefficient (Wildman–Crippen LogP) is 4.54. The molecule has 1 aliphatic rings. The summed E-state index contributed by atoms with van der Waals surface area (Å²) >= 11 is 1.17. The van der Waals surface area contributed by atoms with E-state index < -0.39 is 11.7 Å². The zero-order valence-corrected chi connectivity index (χ0v) is 18.7. The molecule has 1 aromatic carbocycles. The number of benzene rings is 1. The number of ketones is 1. The summed E-state index contributed by atoms with van der Waals surface area (Å²) < 4.78 is 12.3. The molecule has 9 heteroatoms. The zero-order valence-electron chi connectivity index (χ0n) is 17.9. The lowest BCUT2D eigenvalue weighted by molar-refractivity contribution is 0.0635. The molecule has 2 aromatic heterocycles. The number of fused-ring (bicyclic) bond motifs is 3. The van der Waals surface area contributed by atoms with Gasteiger partial charge >= 0.3 is 6.09 Å². The summed E-state index contributed by atoms with van der Waals surface area (Å²) in [4.78, 5) is 29.8. The van der Waals surface area contributed by atoms with Gasteiger partial charge in [-0.2, -0.15) is 5.10 Å². The van der Waals surface area contributed by atoms with Crippen LogP contribution in [0.2, 0.25) is 0 Å². The van der Waals surface area contributed by atoms with Crippen molar-refractivity contribution in [2.45, 2.75) is 45.8 Å². The van der Waals surface area contributed by atoms with Gasteiger partial charge in [0.15, 0.2) is 10.9 Å². The number of aryl methyl sites for hydroxylation is 1. The molecule has 0 spiro atoms. The third kappa shape index (κ3) is 4.77. The van der Waals surface area contributed by atoms with Crippen LogP contribution in [0.3, 0.4) is 0 Å². The summed E-state index contributed by atoms with van der Waals surface area (Å²) in [6, 6.07) is 7.81. The van der Waals surface area contributed by atoms with Crippen LogP contribution in [0.25, 0.3) is 11.3 Å². The van der Waals surface area contributed by atoms with Crippen LogP contribution in [0.15, 0.2) is 30.5 Å². The second kappa shape index (κ2) is 8.14. The van der Waals surface area contributed by atoms with Gasteiger partial charge in [0.1, 0.15) is 16.2 Å². The Morgan fingerprint density at radius 1 is 1.23 bits per heavy atom. The van der Waals surface area contributed by atoms with E-state index in [1.54, 1.807) is 27.9 Å². The number of aromatic nitrogens is 3. The maximum absolute atomic E-state index is 12.6. The number of nitrogens with zero attached hydrogens (tertiary/aromatic N) is 3. The van der Waals surface area contributed by atoms with Gasteiger partial charge in [0.05, 0.1) is 25.0 Å². The fourth-order valence-electron chi connectivity index (χ4n) is 3.32. The Bertz CT molecular complexity index is 1130. The second-order valence-electron chi connectivity index (χ2n) is 8.28. The van der Waals surface area contributed by atoms with Gasteiger partial charge in [-0.15, -0.1) is 0 Å². The summed E-state index contributed by atoms with van der Waals surface area (Å²) in [5, 5.41) is 7.66. The molecule has 4 rings (SSSR count). The van der Waals surface area contributed by atoms with E-state index >= 15 is 0 Å². The third-order valence-corrected chi connectivity index (χ3v) is 5.69. The fourth-order valence-corrected chi connectivity index (χ4v) is 4.26. The van der Waals surface area contributed by atoms with E-state index in [2.05, 4.69) is 15.4 Å². The number of Topliss-reactive ketones (excluding diaryl/α,β-unsaturated/α-hetero) is 1. The predicted molar refractivity (Wildman–Crippen MR) is 118 cm³/mol. The Morgan fingerprint density at radius 3 is 2.65 bits per heavy atom. The molecule has 1 aliphatic carbocycles. The molecule has 0 bridgehead atoms. The molecule has 0 radical (unpaired) electrons. The summed E-state index contributed by atoms with van der Waals surface area (Å²) in [6.07, 6.45) is 2.22. The Labute approximate surface area is 184 Å². The summed E-state index contributed by atoms with van der Waals surface area (Å²) in [6.45, 7) is 5.96. The molecule has 2 heterocycles. The number of hydrogen-bond acceptors (Lipinski definition) is 7. The lowest BCUT2D eigenvalue weighted by atomic mass is 10.1. The quantitative estimate of drug-likeness (QED) is 0.640. The number of ether oxygens (including phenoxy) is 2. The van der Waals surface area contributed by atoms with E-state index in [4.69, 9.17) is 9.47 Å². The van der Waals surface area contributed by atoms with E-state index in [0.717, 1.165) is 22.6 Å². The van der Waals surface area contributed by atoms with Crippen LogP contribution in [0.5, 0.6) is 5.75 Å². The van der Waals surface area contributed by atoms with Crippen molar-refractivity contribution in [1.82, 2.24) is 14.8 Å². The molecule has 0 atom stereocenters. The molecule has 1 amide bonds. The number of carbonyl (C=O) groups is 2. The molecule has 0 saturated heterocycles. The van der Waals surface area contributed by atoms with Crippen molar-refractivity contribution in [3.8, 4) is 17.0 Å². The second-order valence-corrected chi connectivity index (χ2v) is 9.28. The summed E-state index contributed by atoms with van der Waals surface area (Å²) in [7, 11) is 1.64. The fraction of sp³-hybridized carbons (Fsp3) is 0.364. The highest BCUT2D eigenvalue weighted by Crippen LogP contribution is 2.37. The van der Waals surface area contributed by atoms with E-state index in [1.807, 2.05) is 35.1 Å². The van der Waals surface area contributed by atoms with Gasteiger partial charge in [-0.05, 0) is 44.9 Å². The molecular weight excluding hydrogens is 416 g/mol. The molecular formula is C22H24N4O4S. The van der Waals surface area contributed by atoms with Gasteiger partial charge in [-0.25, -0.2) is 9.78 Å².